The maximum absolute atomic E-state index is 10.7. The molecule has 12 heavy (non-hydrogen) atoms. The van der Waals surface area contributed by atoms with Crippen LogP contribution in [0.1, 0.15) is 25.1 Å². The molecule has 1 aromatic heterocycles. The summed E-state index contributed by atoms with van der Waals surface area (Å²) in [5.74, 6) is 0. The van der Waals surface area contributed by atoms with Gasteiger partial charge in [-0.2, -0.15) is 17.6 Å². The summed E-state index contributed by atoms with van der Waals surface area (Å²) in [5, 5.41) is 2.53. The molecule has 1 atom stereocenters. The predicted octanol–water partition coefficient (Wildman–Crippen LogP) is 1.45. The highest BCUT2D eigenvalue weighted by Crippen LogP contribution is 2.18. The van der Waals surface area contributed by atoms with Crippen molar-refractivity contribution < 1.29 is 0 Å². The van der Waals surface area contributed by atoms with Crippen LogP contribution in [0, 0.1) is 0 Å². The lowest BCUT2D eigenvalue weighted by Gasteiger charge is -2.09. The Morgan fingerprint density at radius 1 is 1.83 bits per heavy atom. The number of rotatable bonds is 3. The number of aromatic nitrogens is 3. The van der Waals surface area contributed by atoms with Gasteiger partial charge in [-0.25, -0.2) is 14.6 Å². The van der Waals surface area contributed by atoms with Crippen molar-refractivity contribution in [2.24, 2.45) is 0 Å². The van der Waals surface area contributed by atoms with E-state index in [1.54, 1.807) is 0 Å². The van der Waals surface area contributed by atoms with Gasteiger partial charge < -0.3 is 0 Å². The van der Waals surface area contributed by atoms with E-state index < -0.39 is 5.69 Å². The van der Waals surface area contributed by atoms with Crippen molar-refractivity contribution in [3.8, 4) is 0 Å². The van der Waals surface area contributed by atoms with E-state index in [-0.39, 0.29) is 10.7 Å². The highest BCUT2D eigenvalue weighted by molar-refractivity contribution is 7.80. The third-order valence-electron chi connectivity index (χ3n) is 1.45. The first-order valence-electron chi connectivity index (χ1n) is 3.67. The number of thiol groups is 1. The maximum Gasteiger partial charge on any atom is 0.362 e. The monoisotopic (exact) mass is 207 g/mol. The van der Waals surface area contributed by atoms with Gasteiger partial charge >= 0.3 is 5.69 Å². The summed E-state index contributed by atoms with van der Waals surface area (Å²) in [6.07, 6.45) is 1.82. The molecule has 0 aromatic carbocycles. The third kappa shape index (κ3) is 2.04. The van der Waals surface area contributed by atoms with Crippen LogP contribution in [0.5, 0.6) is 0 Å². The normalized spacial score (nSPS) is 13.2. The molecule has 0 spiro atoms. The number of H-pyrrole nitrogens is 1. The zero-order valence-electron chi connectivity index (χ0n) is 6.62. The number of nitrogens with zero attached hydrogens (tertiary/aromatic N) is 2. The van der Waals surface area contributed by atoms with Crippen LogP contribution in [0.15, 0.2) is 4.79 Å². The van der Waals surface area contributed by atoms with Crippen LogP contribution in [0.2, 0.25) is 5.28 Å². The lowest BCUT2D eigenvalue weighted by Crippen LogP contribution is -2.09. The fourth-order valence-corrected chi connectivity index (χ4v) is 1.63. The van der Waals surface area contributed by atoms with Gasteiger partial charge in [-0.15, -0.1) is 0 Å². The molecule has 6 heteroatoms. The van der Waals surface area contributed by atoms with Gasteiger partial charge in [-0.1, -0.05) is 13.3 Å². The van der Waals surface area contributed by atoms with Crippen LogP contribution in [-0.2, 0) is 0 Å². The molecule has 1 rings (SSSR count). The molecule has 0 saturated heterocycles. The van der Waals surface area contributed by atoms with E-state index in [0.29, 0.717) is 0 Å². The molecule has 1 heterocycles. The summed E-state index contributed by atoms with van der Waals surface area (Å²) in [6, 6.07) is 0. The molecule has 0 aliphatic carbocycles. The van der Waals surface area contributed by atoms with Crippen molar-refractivity contribution in [1.29, 1.82) is 0 Å². The lowest BCUT2D eigenvalue weighted by molar-refractivity contribution is 0.555. The topological polar surface area (TPSA) is 50.7 Å². The zero-order chi connectivity index (χ0) is 9.14. The third-order valence-corrected chi connectivity index (χ3v) is 2.21. The quantitative estimate of drug-likeness (QED) is 0.738. The number of hydrogen-bond donors (Lipinski definition) is 2. The van der Waals surface area contributed by atoms with Crippen molar-refractivity contribution in [2.75, 3.05) is 0 Å². The molecular formula is C6H10ClN3OS. The van der Waals surface area contributed by atoms with Crippen molar-refractivity contribution in [1.82, 2.24) is 14.8 Å². The Hall–Kier alpha value is -0.420. The second-order valence-corrected chi connectivity index (χ2v) is 3.37. The van der Waals surface area contributed by atoms with Crippen LogP contribution in [0.3, 0.4) is 0 Å². The van der Waals surface area contributed by atoms with Crippen LogP contribution >= 0.6 is 24.2 Å². The molecular weight excluding hydrogens is 198 g/mol. The van der Waals surface area contributed by atoms with Crippen LogP contribution in [-0.4, -0.2) is 14.8 Å². The Labute approximate surface area is 80.3 Å². The molecule has 0 aliphatic rings. The van der Waals surface area contributed by atoms with E-state index in [1.807, 2.05) is 6.92 Å². The summed E-state index contributed by atoms with van der Waals surface area (Å²) in [6.45, 7) is 2.03. The molecule has 0 radical (unpaired) electrons. The van der Waals surface area contributed by atoms with Crippen molar-refractivity contribution >= 4 is 24.2 Å². The fourth-order valence-electron chi connectivity index (χ4n) is 0.897. The zero-order valence-corrected chi connectivity index (χ0v) is 8.27. The van der Waals surface area contributed by atoms with Gasteiger partial charge in [0.05, 0.1) is 5.37 Å². The maximum atomic E-state index is 10.7. The first kappa shape index (κ1) is 9.67. The predicted molar refractivity (Wildman–Crippen MR) is 50.8 cm³/mol. The van der Waals surface area contributed by atoms with Gasteiger partial charge in [0.1, 0.15) is 0 Å². The molecule has 68 valence electrons. The standard InChI is InChI=1S/C6H10ClN3OS/c1-2-3-4(12)10-5(7)8-6(11)9-10/h4,12H,2-3H2,1H3,(H,9,11). The summed E-state index contributed by atoms with van der Waals surface area (Å²) in [4.78, 5) is 14.2. The Balaban J connectivity index is 2.86. The van der Waals surface area contributed by atoms with Gasteiger partial charge in [0.25, 0.3) is 0 Å². The molecule has 0 bridgehead atoms. The smallest absolute Gasteiger partial charge is 0.244 e. The fraction of sp³-hybridized carbons (Fsp3) is 0.667. The van der Waals surface area contributed by atoms with Gasteiger partial charge in [-0.05, 0) is 18.0 Å². The lowest BCUT2D eigenvalue weighted by atomic mass is 10.3. The highest BCUT2D eigenvalue weighted by atomic mass is 35.5. The van der Waals surface area contributed by atoms with Gasteiger partial charge in [-0.3, -0.25) is 0 Å². The average Bonchev–Trinajstić information content (AvgIpc) is 2.30. The number of hydrogen-bond acceptors (Lipinski definition) is 3. The van der Waals surface area contributed by atoms with Crippen LogP contribution < -0.4 is 5.69 Å². The molecule has 1 N–H and O–H groups in total. The Morgan fingerprint density at radius 3 is 2.92 bits per heavy atom. The Kier molecular flexibility index (Phi) is 3.22. The Morgan fingerprint density at radius 2 is 2.50 bits per heavy atom. The summed E-state index contributed by atoms with van der Waals surface area (Å²) in [7, 11) is 0. The van der Waals surface area contributed by atoms with Crippen LogP contribution in [0.4, 0.5) is 0 Å². The molecule has 1 aromatic rings. The SMILES string of the molecule is CCCC(S)n1[nH]c(=O)nc1Cl. The number of nitrogens with one attached hydrogen (secondary N) is 1. The summed E-state index contributed by atoms with van der Waals surface area (Å²) < 4.78 is 1.45. The van der Waals surface area contributed by atoms with Gasteiger partial charge in [0.2, 0.25) is 5.28 Å². The van der Waals surface area contributed by atoms with E-state index in [1.165, 1.54) is 4.68 Å². The minimum Gasteiger partial charge on any atom is -0.244 e. The second kappa shape index (κ2) is 4.00. The van der Waals surface area contributed by atoms with Gasteiger partial charge in [0, 0.05) is 0 Å². The molecule has 1 unspecified atom stereocenters. The number of halogens is 1. The van der Waals surface area contributed by atoms with E-state index >= 15 is 0 Å². The van der Waals surface area contributed by atoms with E-state index in [4.69, 9.17) is 11.6 Å². The van der Waals surface area contributed by atoms with E-state index in [2.05, 4.69) is 22.7 Å². The average molecular weight is 208 g/mol. The molecule has 0 aliphatic heterocycles. The molecule has 0 amide bonds. The first-order chi connectivity index (χ1) is 5.65. The second-order valence-electron chi connectivity index (χ2n) is 2.44. The van der Waals surface area contributed by atoms with E-state index in [9.17, 15) is 4.79 Å². The molecule has 4 nitrogen and oxygen atoms in total. The van der Waals surface area contributed by atoms with Crippen molar-refractivity contribution in [3.63, 3.8) is 0 Å². The van der Waals surface area contributed by atoms with Crippen LogP contribution in [0.25, 0.3) is 0 Å². The van der Waals surface area contributed by atoms with Gasteiger partial charge in [0.15, 0.2) is 0 Å². The minimum absolute atomic E-state index is 0.0994. The van der Waals surface area contributed by atoms with E-state index in [0.717, 1.165) is 12.8 Å². The van der Waals surface area contributed by atoms with Crippen molar-refractivity contribution in [3.05, 3.63) is 15.8 Å². The molecule has 0 fully saturated rings. The summed E-state index contributed by atoms with van der Waals surface area (Å²) in [5.41, 5.74) is -0.435. The molecule has 0 saturated carbocycles. The summed E-state index contributed by atoms with van der Waals surface area (Å²) >= 11 is 9.90. The number of aromatic amines is 1. The highest BCUT2D eigenvalue weighted by Gasteiger charge is 2.09. The largest absolute Gasteiger partial charge is 0.362 e. The first-order valence-corrected chi connectivity index (χ1v) is 4.56. The Bertz CT molecular complexity index is 308. The minimum atomic E-state index is -0.435. The van der Waals surface area contributed by atoms with Crippen molar-refractivity contribution in [2.45, 2.75) is 25.1 Å².